The quantitative estimate of drug-likeness (QED) is 0.783. The summed E-state index contributed by atoms with van der Waals surface area (Å²) in [5.41, 5.74) is 3.19. The Kier molecular flexibility index (Phi) is 4.80. The van der Waals surface area contributed by atoms with Crippen molar-refractivity contribution in [1.82, 2.24) is 5.32 Å². The van der Waals surface area contributed by atoms with Crippen molar-refractivity contribution in [2.45, 2.75) is 39.2 Å². The maximum absolute atomic E-state index is 11.1. The Labute approximate surface area is 115 Å². The summed E-state index contributed by atoms with van der Waals surface area (Å²) in [5.74, 6) is -0.0338. The molecule has 104 valence electrons. The maximum atomic E-state index is 11.1. The number of anilines is 2. The monoisotopic (exact) mass is 261 g/mol. The summed E-state index contributed by atoms with van der Waals surface area (Å²) < 4.78 is 0. The molecular weight excluding hydrogens is 238 g/mol. The van der Waals surface area contributed by atoms with Gasteiger partial charge in [-0.3, -0.25) is 4.79 Å². The van der Waals surface area contributed by atoms with Crippen LogP contribution in [0.1, 0.15) is 31.7 Å². The lowest BCUT2D eigenvalue weighted by molar-refractivity contribution is -0.114. The maximum Gasteiger partial charge on any atom is 0.221 e. The van der Waals surface area contributed by atoms with Crippen LogP contribution in [0.5, 0.6) is 0 Å². The number of hydrogen-bond donors (Lipinski definition) is 3. The van der Waals surface area contributed by atoms with Gasteiger partial charge in [0.2, 0.25) is 5.91 Å². The molecule has 0 aromatic heterocycles. The van der Waals surface area contributed by atoms with E-state index in [9.17, 15) is 4.79 Å². The Morgan fingerprint density at radius 1 is 1.32 bits per heavy atom. The summed E-state index contributed by atoms with van der Waals surface area (Å²) in [4.78, 5) is 11.1. The van der Waals surface area contributed by atoms with Gasteiger partial charge in [0.25, 0.3) is 0 Å². The molecule has 0 radical (unpaired) electrons. The zero-order valence-electron chi connectivity index (χ0n) is 11.8. The number of benzene rings is 1. The molecule has 0 bridgehead atoms. The van der Waals surface area contributed by atoms with Crippen LogP contribution in [-0.4, -0.2) is 25.0 Å². The molecule has 0 aliphatic carbocycles. The van der Waals surface area contributed by atoms with Crippen LogP contribution in [0.15, 0.2) is 18.2 Å². The fraction of sp³-hybridized carbons (Fsp3) is 0.533. The normalized spacial score (nSPS) is 19.6. The Balaban J connectivity index is 2.07. The lowest BCUT2D eigenvalue weighted by Gasteiger charge is -2.19. The van der Waals surface area contributed by atoms with Crippen LogP contribution in [0.3, 0.4) is 0 Å². The Hall–Kier alpha value is -1.55. The smallest absolute Gasteiger partial charge is 0.221 e. The van der Waals surface area contributed by atoms with Gasteiger partial charge in [-0.1, -0.05) is 6.07 Å². The number of carbonyl (C=O) groups is 1. The van der Waals surface area contributed by atoms with Crippen molar-refractivity contribution in [3.63, 3.8) is 0 Å². The van der Waals surface area contributed by atoms with Crippen LogP contribution in [-0.2, 0) is 4.79 Å². The number of amides is 1. The highest BCUT2D eigenvalue weighted by Gasteiger charge is 2.12. The average Bonchev–Trinajstić information content (AvgIpc) is 2.61. The minimum absolute atomic E-state index is 0.0338. The van der Waals surface area contributed by atoms with E-state index in [1.165, 1.54) is 25.3 Å². The predicted octanol–water partition coefficient (Wildman–Crippen LogP) is 2.51. The van der Waals surface area contributed by atoms with Crippen molar-refractivity contribution in [1.29, 1.82) is 0 Å². The predicted molar refractivity (Wildman–Crippen MR) is 79.6 cm³/mol. The third-order valence-electron chi connectivity index (χ3n) is 3.49. The SMILES string of the molecule is CC(=O)Nc1ccc(C)c(NC2CCCNCC2)c1. The zero-order chi connectivity index (χ0) is 13.7. The molecule has 1 aliphatic rings. The fourth-order valence-electron chi connectivity index (χ4n) is 2.44. The largest absolute Gasteiger partial charge is 0.382 e. The molecule has 1 aromatic rings. The van der Waals surface area contributed by atoms with Crippen molar-refractivity contribution in [3.05, 3.63) is 23.8 Å². The molecule has 4 nitrogen and oxygen atoms in total. The lowest BCUT2D eigenvalue weighted by atomic mass is 10.1. The number of carbonyl (C=O) groups excluding carboxylic acids is 1. The van der Waals surface area contributed by atoms with E-state index < -0.39 is 0 Å². The molecule has 1 unspecified atom stereocenters. The van der Waals surface area contributed by atoms with Crippen LogP contribution in [0.4, 0.5) is 11.4 Å². The van der Waals surface area contributed by atoms with Gasteiger partial charge in [0, 0.05) is 24.3 Å². The molecule has 1 aromatic carbocycles. The van der Waals surface area contributed by atoms with Gasteiger partial charge in [-0.15, -0.1) is 0 Å². The van der Waals surface area contributed by atoms with E-state index in [1.54, 1.807) is 0 Å². The Morgan fingerprint density at radius 2 is 2.16 bits per heavy atom. The first kappa shape index (κ1) is 13.9. The van der Waals surface area contributed by atoms with E-state index in [2.05, 4.69) is 22.9 Å². The van der Waals surface area contributed by atoms with Crippen molar-refractivity contribution in [3.8, 4) is 0 Å². The number of hydrogen-bond acceptors (Lipinski definition) is 3. The first-order chi connectivity index (χ1) is 9.15. The van der Waals surface area contributed by atoms with Crippen LogP contribution >= 0.6 is 0 Å². The van der Waals surface area contributed by atoms with Gasteiger partial charge in [-0.2, -0.15) is 0 Å². The summed E-state index contributed by atoms with van der Waals surface area (Å²) in [6.45, 7) is 5.81. The van der Waals surface area contributed by atoms with Gasteiger partial charge in [-0.05, 0) is 57.0 Å². The highest BCUT2D eigenvalue weighted by molar-refractivity contribution is 5.89. The van der Waals surface area contributed by atoms with Crippen molar-refractivity contribution in [2.24, 2.45) is 0 Å². The summed E-state index contributed by atoms with van der Waals surface area (Å²) in [5, 5.41) is 9.86. The zero-order valence-corrected chi connectivity index (χ0v) is 11.8. The van der Waals surface area contributed by atoms with E-state index in [-0.39, 0.29) is 5.91 Å². The van der Waals surface area contributed by atoms with Crippen molar-refractivity contribution in [2.75, 3.05) is 23.7 Å². The van der Waals surface area contributed by atoms with Crippen LogP contribution in [0.2, 0.25) is 0 Å². The minimum atomic E-state index is -0.0338. The third-order valence-corrected chi connectivity index (χ3v) is 3.49. The van der Waals surface area contributed by atoms with E-state index in [4.69, 9.17) is 0 Å². The first-order valence-corrected chi connectivity index (χ1v) is 7.00. The Bertz CT molecular complexity index is 437. The van der Waals surface area contributed by atoms with Gasteiger partial charge in [0.05, 0.1) is 0 Å². The van der Waals surface area contributed by atoms with Gasteiger partial charge in [-0.25, -0.2) is 0 Å². The molecule has 1 amide bonds. The summed E-state index contributed by atoms with van der Waals surface area (Å²) in [6.07, 6.45) is 3.54. The second-order valence-electron chi connectivity index (χ2n) is 5.23. The number of nitrogens with one attached hydrogen (secondary N) is 3. The molecule has 1 aliphatic heterocycles. The standard InChI is InChI=1S/C15H23N3O/c1-11-5-6-14(17-12(2)19)10-15(11)18-13-4-3-8-16-9-7-13/h5-6,10,13,16,18H,3-4,7-9H2,1-2H3,(H,17,19). The van der Waals surface area contributed by atoms with Crippen LogP contribution < -0.4 is 16.0 Å². The molecule has 1 saturated heterocycles. The molecular formula is C15H23N3O. The number of rotatable bonds is 3. The van der Waals surface area contributed by atoms with Crippen LogP contribution in [0.25, 0.3) is 0 Å². The molecule has 1 fully saturated rings. The van der Waals surface area contributed by atoms with Gasteiger partial charge >= 0.3 is 0 Å². The molecule has 0 saturated carbocycles. The fourth-order valence-corrected chi connectivity index (χ4v) is 2.44. The van der Waals surface area contributed by atoms with Gasteiger partial charge < -0.3 is 16.0 Å². The second kappa shape index (κ2) is 6.57. The molecule has 2 rings (SSSR count). The highest BCUT2D eigenvalue weighted by Crippen LogP contribution is 2.23. The molecule has 19 heavy (non-hydrogen) atoms. The van der Waals surface area contributed by atoms with Crippen molar-refractivity contribution >= 4 is 17.3 Å². The molecule has 4 heteroatoms. The van der Waals surface area contributed by atoms with Gasteiger partial charge in [0.1, 0.15) is 0 Å². The van der Waals surface area contributed by atoms with Gasteiger partial charge in [0.15, 0.2) is 0 Å². The van der Waals surface area contributed by atoms with E-state index in [0.29, 0.717) is 6.04 Å². The number of aryl methyl sites for hydroxylation is 1. The highest BCUT2D eigenvalue weighted by atomic mass is 16.1. The topological polar surface area (TPSA) is 53.2 Å². The molecule has 1 atom stereocenters. The molecule has 0 spiro atoms. The van der Waals surface area contributed by atoms with Crippen molar-refractivity contribution < 1.29 is 4.79 Å². The lowest BCUT2D eigenvalue weighted by Crippen LogP contribution is -2.22. The molecule has 3 N–H and O–H groups in total. The van der Waals surface area contributed by atoms with E-state index in [0.717, 1.165) is 30.9 Å². The molecule has 1 heterocycles. The third kappa shape index (κ3) is 4.24. The second-order valence-corrected chi connectivity index (χ2v) is 5.23. The van der Waals surface area contributed by atoms with E-state index >= 15 is 0 Å². The van der Waals surface area contributed by atoms with Crippen LogP contribution in [0, 0.1) is 6.92 Å². The summed E-state index contributed by atoms with van der Waals surface area (Å²) in [7, 11) is 0. The summed E-state index contributed by atoms with van der Waals surface area (Å²) in [6, 6.07) is 6.52. The first-order valence-electron chi connectivity index (χ1n) is 7.00. The average molecular weight is 261 g/mol. The Morgan fingerprint density at radius 3 is 2.95 bits per heavy atom. The van der Waals surface area contributed by atoms with E-state index in [1.807, 2.05) is 18.2 Å². The summed E-state index contributed by atoms with van der Waals surface area (Å²) >= 11 is 0. The minimum Gasteiger partial charge on any atom is -0.382 e.